The van der Waals surface area contributed by atoms with Gasteiger partial charge >= 0.3 is 0 Å². The van der Waals surface area contributed by atoms with Crippen molar-refractivity contribution < 1.29 is 14.7 Å². The van der Waals surface area contributed by atoms with E-state index in [2.05, 4.69) is 20.8 Å². The summed E-state index contributed by atoms with van der Waals surface area (Å²) in [6.45, 7) is 8.85. The van der Waals surface area contributed by atoms with Crippen molar-refractivity contribution in [1.82, 2.24) is 0 Å². The van der Waals surface area contributed by atoms with Crippen LogP contribution in [0.1, 0.15) is 98.3 Å². The van der Waals surface area contributed by atoms with Crippen LogP contribution in [0.4, 0.5) is 0 Å². The molecule has 0 aromatic rings. The van der Waals surface area contributed by atoms with E-state index in [9.17, 15) is 14.7 Å². The maximum Gasteiger partial charge on any atom is 0.136 e. The predicted molar refractivity (Wildman–Crippen MR) is 113 cm³/mol. The second-order valence-corrected chi connectivity index (χ2v) is 12.2. The molecule has 3 nitrogen and oxygen atoms in total. The molecule has 29 heavy (non-hydrogen) atoms. The second kappa shape index (κ2) is 6.17. The molecule has 0 radical (unpaired) electrons. The molecule has 1 N–H and O–H groups in total. The molecule has 5 aliphatic carbocycles. The average Bonchev–Trinajstić information content (AvgIpc) is 2.95. The van der Waals surface area contributed by atoms with E-state index in [1.54, 1.807) is 0 Å². The molecule has 9 atom stereocenters. The number of fused-ring (bicyclic) bond motifs is 7. The Kier molecular flexibility index (Phi) is 4.30. The SMILES string of the molecule is CC(=O)[C@@]12CCCC[C@H]1C[C@H]1[C@@H]3C[C@H](C)[C@@]4(O)CC(=O)CC[C@]4(C)[C@H]3CC[C@@]12C. The van der Waals surface area contributed by atoms with Gasteiger partial charge in [0.25, 0.3) is 0 Å². The van der Waals surface area contributed by atoms with Gasteiger partial charge < -0.3 is 5.11 Å². The van der Waals surface area contributed by atoms with Crippen molar-refractivity contribution in [1.29, 1.82) is 0 Å². The number of ketones is 2. The van der Waals surface area contributed by atoms with Gasteiger partial charge in [-0.1, -0.05) is 33.6 Å². The van der Waals surface area contributed by atoms with Gasteiger partial charge in [0.1, 0.15) is 11.6 Å². The summed E-state index contributed by atoms with van der Waals surface area (Å²) in [6.07, 6.45) is 11.2. The Morgan fingerprint density at radius 3 is 2.48 bits per heavy atom. The minimum Gasteiger partial charge on any atom is -0.389 e. The molecule has 0 heterocycles. The van der Waals surface area contributed by atoms with Crippen LogP contribution in [-0.4, -0.2) is 22.3 Å². The lowest BCUT2D eigenvalue weighted by atomic mass is 9.40. The van der Waals surface area contributed by atoms with Gasteiger partial charge in [0, 0.05) is 23.7 Å². The number of Topliss-reactive ketones (excluding diaryl/α,β-unsaturated/α-hetero) is 2. The zero-order valence-corrected chi connectivity index (χ0v) is 18.9. The zero-order chi connectivity index (χ0) is 20.8. The van der Waals surface area contributed by atoms with E-state index in [1.165, 1.54) is 25.7 Å². The summed E-state index contributed by atoms with van der Waals surface area (Å²) >= 11 is 0. The lowest BCUT2D eigenvalue weighted by Gasteiger charge is -2.66. The largest absolute Gasteiger partial charge is 0.389 e. The number of aliphatic hydroxyl groups is 1. The highest BCUT2D eigenvalue weighted by Gasteiger charge is 2.71. The van der Waals surface area contributed by atoms with Gasteiger partial charge in [-0.05, 0) is 86.9 Å². The summed E-state index contributed by atoms with van der Waals surface area (Å²) in [5.41, 5.74) is -0.953. The van der Waals surface area contributed by atoms with Crippen molar-refractivity contribution in [2.75, 3.05) is 0 Å². The minimum atomic E-state index is -0.832. The van der Waals surface area contributed by atoms with Crippen LogP contribution in [0.3, 0.4) is 0 Å². The van der Waals surface area contributed by atoms with Crippen LogP contribution < -0.4 is 0 Å². The summed E-state index contributed by atoms with van der Waals surface area (Å²) in [6, 6.07) is 0. The van der Waals surface area contributed by atoms with Crippen LogP contribution >= 0.6 is 0 Å². The Morgan fingerprint density at radius 2 is 1.76 bits per heavy atom. The molecule has 0 saturated heterocycles. The van der Waals surface area contributed by atoms with E-state index in [4.69, 9.17) is 0 Å². The number of carbonyl (C=O) groups is 2. The topological polar surface area (TPSA) is 54.4 Å². The molecule has 162 valence electrons. The first kappa shape index (κ1) is 20.2. The average molecular weight is 401 g/mol. The van der Waals surface area contributed by atoms with E-state index in [0.717, 1.165) is 32.1 Å². The van der Waals surface area contributed by atoms with Crippen molar-refractivity contribution >= 4 is 11.6 Å². The van der Waals surface area contributed by atoms with Gasteiger partial charge in [0.15, 0.2) is 0 Å². The third kappa shape index (κ3) is 2.24. The molecule has 3 heteroatoms. The van der Waals surface area contributed by atoms with Crippen molar-refractivity contribution in [3.05, 3.63) is 0 Å². The second-order valence-electron chi connectivity index (χ2n) is 12.2. The van der Waals surface area contributed by atoms with E-state index >= 15 is 0 Å². The summed E-state index contributed by atoms with van der Waals surface area (Å²) in [7, 11) is 0. The van der Waals surface area contributed by atoms with Crippen LogP contribution in [-0.2, 0) is 9.59 Å². The maximum atomic E-state index is 13.2. The molecule has 5 saturated carbocycles. The molecule has 5 fully saturated rings. The summed E-state index contributed by atoms with van der Waals surface area (Å²) in [5.74, 6) is 3.15. The molecular formula is C26H40O3. The predicted octanol–water partition coefficient (Wildman–Crippen LogP) is 5.33. The molecular weight excluding hydrogens is 360 g/mol. The first-order valence-electron chi connectivity index (χ1n) is 12.4. The Balaban J connectivity index is 1.56. The first-order chi connectivity index (χ1) is 13.6. The van der Waals surface area contributed by atoms with Gasteiger partial charge in [0.2, 0.25) is 0 Å². The first-order valence-corrected chi connectivity index (χ1v) is 12.4. The van der Waals surface area contributed by atoms with Crippen molar-refractivity contribution in [2.24, 2.45) is 45.8 Å². The van der Waals surface area contributed by atoms with Gasteiger partial charge in [-0.3, -0.25) is 9.59 Å². The highest BCUT2D eigenvalue weighted by atomic mass is 16.3. The number of carbonyl (C=O) groups excluding carboxylic acids is 2. The normalized spacial score (nSPS) is 56.7. The fourth-order valence-corrected chi connectivity index (χ4v) is 10.3. The smallest absolute Gasteiger partial charge is 0.136 e. The van der Waals surface area contributed by atoms with Crippen LogP contribution in [0.2, 0.25) is 0 Å². The quantitative estimate of drug-likeness (QED) is 0.647. The zero-order valence-electron chi connectivity index (χ0n) is 18.9. The fraction of sp³-hybridized carbons (Fsp3) is 0.923. The van der Waals surface area contributed by atoms with Gasteiger partial charge in [-0.25, -0.2) is 0 Å². The Morgan fingerprint density at radius 1 is 1.00 bits per heavy atom. The molecule has 0 aromatic carbocycles. The minimum absolute atomic E-state index is 0.0959. The molecule has 0 amide bonds. The van der Waals surface area contributed by atoms with Gasteiger partial charge in [-0.2, -0.15) is 0 Å². The van der Waals surface area contributed by atoms with Crippen molar-refractivity contribution in [3.8, 4) is 0 Å². The number of hydrogen-bond acceptors (Lipinski definition) is 3. The monoisotopic (exact) mass is 400 g/mol. The van der Waals surface area contributed by atoms with Crippen LogP contribution in [0.15, 0.2) is 0 Å². The molecule has 0 unspecified atom stereocenters. The van der Waals surface area contributed by atoms with Gasteiger partial charge in [-0.15, -0.1) is 0 Å². The summed E-state index contributed by atoms with van der Waals surface area (Å²) in [4.78, 5) is 25.5. The standard InChI is InChI=1S/C26H40O3/c1-16-13-20-21(24(4)11-8-19(28)15-26(16,24)29)9-12-23(3)22(20)14-18-7-5-6-10-25(18,23)17(2)27/h16,18,20-22,29H,5-15H2,1-4H3/t16-,18-,20+,21-,22-,23-,24+,25-,26-/m0/s1. The van der Waals surface area contributed by atoms with Gasteiger partial charge in [0.05, 0.1) is 5.60 Å². The Bertz CT molecular complexity index is 744. The van der Waals surface area contributed by atoms with Crippen LogP contribution in [0, 0.1) is 45.8 Å². The van der Waals surface area contributed by atoms with E-state index in [1.807, 2.05) is 6.92 Å². The Hall–Kier alpha value is -0.700. The van der Waals surface area contributed by atoms with Crippen molar-refractivity contribution in [3.63, 3.8) is 0 Å². The Labute approximate surface area is 176 Å². The lowest BCUT2D eigenvalue weighted by Crippen LogP contribution is -2.66. The summed E-state index contributed by atoms with van der Waals surface area (Å²) in [5, 5.41) is 11.8. The third-order valence-electron chi connectivity index (χ3n) is 11.7. The van der Waals surface area contributed by atoms with E-state index < -0.39 is 5.60 Å². The molecule has 5 aliphatic rings. The number of hydrogen-bond donors (Lipinski definition) is 1. The van der Waals surface area contributed by atoms with Crippen LogP contribution in [0.5, 0.6) is 0 Å². The molecule has 0 aliphatic heterocycles. The highest BCUT2D eigenvalue weighted by Crippen LogP contribution is 2.75. The summed E-state index contributed by atoms with van der Waals surface area (Å²) < 4.78 is 0. The molecule has 0 spiro atoms. The van der Waals surface area contributed by atoms with Crippen LogP contribution in [0.25, 0.3) is 0 Å². The third-order valence-corrected chi connectivity index (χ3v) is 11.7. The van der Waals surface area contributed by atoms with E-state index in [-0.39, 0.29) is 27.9 Å². The fourth-order valence-electron chi connectivity index (χ4n) is 10.3. The highest BCUT2D eigenvalue weighted by molar-refractivity contribution is 5.84. The molecule has 0 aromatic heterocycles. The number of rotatable bonds is 1. The molecule has 0 bridgehead atoms. The van der Waals surface area contributed by atoms with Crippen molar-refractivity contribution in [2.45, 2.75) is 104 Å². The van der Waals surface area contributed by atoms with E-state index in [0.29, 0.717) is 42.3 Å². The maximum absolute atomic E-state index is 13.2. The lowest BCUT2D eigenvalue weighted by molar-refractivity contribution is -0.230. The molecule has 5 rings (SSSR count).